The number of amides is 2. The highest BCUT2D eigenvalue weighted by atomic mass is 32.1. The van der Waals surface area contributed by atoms with Gasteiger partial charge < -0.3 is 20.2 Å². The number of fused-ring (bicyclic) bond motifs is 2. The van der Waals surface area contributed by atoms with Crippen LogP contribution in [-0.2, 0) is 30.7 Å². The zero-order valence-corrected chi connectivity index (χ0v) is 17.6. The monoisotopic (exact) mass is 434 g/mol. The number of nitrogens with one attached hydrogen (secondary N) is 3. The minimum atomic E-state index is -0.713. The van der Waals surface area contributed by atoms with Gasteiger partial charge in [0.15, 0.2) is 5.82 Å². The van der Waals surface area contributed by atoms with Crippen molar-refractivity contribution < 1.29 is 9.59 Å². The van der Waals surface area contributed by atoms with Crippen LogP contribution < -0.4 is 10.6 Å². The van der Waals surface area contributed by atoms with Gasteiger partial charge in [-0.1, -0.05) is 24.3 Å². The summed E-state index contributed by atoms with van der Waals surface area (Å²) in [5.74, 6) is 1.21. The molecule has 8 nitrogen and oxygen atoms in total. The number of H-pyrrole nitrogens is 1. The van der Waals surface area contributed by atoms with E-state index in [1.165, 1.54) is 11.3 Å². The second-order valence-corrected chi connectivity index (χ2v) is 8.52. The topological polar surface area (TPSA) is 105 Å². The Morgan fingerprint density at radius 3 is 2.97 bits per heavy atom. The highest BCUT2D eigenvalue weighted by Crippen LogP contribution is 2.20. The fourth-order valence-corrected chi connectivity index (χ4v) is 4.62. The summed E-state index contributed by atoms with van der Waals surface area (Å²) >= 11 is 1.35. The predicted molar refractivity (Wildman–Crippen MR) is 118 cm³/mol. The summed E-state index contributed by atoms with van der Waals surface area (Å²) in [6, 6.07) is 10.8. The van der Waals surface area contributed by atoms with Crippen molar-refractivity contribution in [3.05, 3.63) is 70.1 Å². The van der Waals surface area contributed by atoms with E-state index < -0.39 is 6.04 Å². The molecule has 3 N–H and O–H groups in total. The van der Waals surface area contributed by atoms with E-state index in [4.69, 9.17) is 0 Å². The SMILES string of the molecule is O=C(N[C@@H](Cc1c[nH]c2ccccc12)C(=O)NCc1nnc2n1CCC2)c1cccs1. The fourth-order valence-electron chi connectivity index (χ4n) is 4.00. The molecule has 0 aliphatic carbocycles. The molecule has 0 radical (unpaired) electrons. The number of carbonyl (C=O) groups excluding carboxylic acids is 2. The smallest absolute Gasteiger partial charge is 0.262 e. The number of para-hydroxylation sites is 1. The minimum Gasteiger partial charge on any atom is -0.361 e. The van der Waals surface area contributed by atoms with Crippen LogP contribution in [0.3, 0.4) is 0 Å². The summed E-state index contributed by atoms with van der Waals surface area (Å²) in [6.45, 7) is 1.16. The summed E-state index contributed by atoms with van der Waals surface area (Å²) in [6.07, 6.45) is 4.24. The molecule has 1 aliphatic rings. The first-order chi connectivity index (χ1) is 15.2. The van der Waals surface area contributed by atoms with Gasteiger partial charge in [-0.3, -0.25) is 9.59 Å². The molecule has 1 aromatic carbocycles. The number of hydrogen-bond acceptors (Lipinski definition) is 5. The molecular formula is C22H22N6O2S. The molecule has 1 aliphatic heterocycles. The van der Waals surface area contributed by atoms with Crippen LogP contribution >= 0.6 is 11.3 Å². The Morgan fingerprint density at radius 1 is 1.19 bits per heavy atom. The lowest BCUT2D eigenvalue weighted by Gasteiger charge is -2.18. The lowest BCUT2D eigenvalue weighted by atomic mass is 10.0. The molecule has 0 saturated carbocycles. The van der Waals surface area contributed by atoms with E-state index >= 15 is 0 Å². The zero-order chi connectivity index (χ0) is 21.2. The van der Waals surface area contributed by atoms with Gasteiger partial charge in [-0.25, -0.2) is 0 Å². The van der Waals surface area contributed by atoms with E-state index in [-0.39, 0.29) is 18.4 Å². The molecule has 0 saturated heterocycles. The van der Waals surface area contributed by atoms with Gasteiger partial charge in [0.25, 0.3) is 5.91 Å². The Hall–Kier alpha value is -3.46. The maximum atomic E-state index is 13.1. The number of aryl methyl sites for hydroxylation is 1. The van der Waals surface area contributed by atoms with Gasteiger partial charge in [-0.2, -0.15) is 0 Å². The summed E-state index contributed by atoms with van der Waals surface area (Å²) in [7, 11) is 0. The van der Waals surface area contributed by atoms with Crippen molar-refractivity contribution in [2.75, 3.05) is 0 Å². The average Bonchev–Trinajstić information content (AvgIpc) is 3.57. The van der Waals surface area contributed by atoms with Crippen molar-refractivity contribution in [3.63, 3.8) is 0 Å². The first kappa shape index (κ1) is 19.5. The van der Waals surface area contributed by atoms with Gasteiger partial charge in [0, 0.05) is 36.5 Å². The van der Waals surface area contributed by atoms with Gasteiger partial charge in [-0.15, -0.1) is 21.5 Å². The lowest BCUT2D eigenvalue weighted by molar-refractivity contribution is -0.123. The Labute approximate surface area is 182 Å². The van der Waals surface area contributed by atoms with Gasteiger partial charge in [-0.05, 0) is 29.5 Å². The third kappa shape index (κ3) is 3.96. The lowest BCUT2D eigenvalue weighted by Crippen LogP contribution is -2.47. The van der Waals surface area contributed by atoms with E-state index in [0.717, 1.165) is 47.5 Å². The summed E-state index contributed by atoms with van der Waals surface area (Å²) < 4.78 is 2.05. The average molecular weight is 435 g/mol. The van der Waals surface area contributed by atoms with Crippen molar-refractivity contribution in [1.29, 1.82) is 0 Å². The molecule has 0 spiro atoms. The molecule has 31 heavy (non-hydrogen) atoms. The number of aromatic amines is 1. The molecular weight excluding hydrogens is 412 g/mol. The van der Waals surface area contributed by atoms with Crippen LogP contribution in [-0.4, -0.2) is 37.6 Å². The molecule has 4 heterocycles. The molecule has 0 bridgehead atoms. The van der Waals surface area contributed by atoms with Gasteiger partial charge >= 0.3 is 0 Å². The maximum absolute atomic E-state index is 13.1. The van der Waals surface area contributed by atoms with E-state index in [0.29, 0.717) is 11.3 Å². The van der Waals surface area contributed by atoms with Crippen LogP contribution in [0.2, 0.25) is 0 Å². The Morgan fingerprint density at radius 2 is 2.10 bits per heavy atom. The highest BCUT2D eigenvalue weighted by molar-refractivity contribution is 7.12. The number of carbonyl (C=O) groups is 2. The molecule has 0 fully saturated rings. The van der Waals surface area contributed by atoms with Crippen molar-refractivity contribution in [2.45, 2.75) is 38.4 Å². The number of nitrogens with zero attached hydrogens (tertiary/aromatic N) is 3. The van der Waals surface area contributed by atoms with Crippen molar-refractivity contribution in [3.8, 4) is 0 Å². The molecule has 2 amide bonds. The van der Waals surface area contributed by atoms with E-state index in [2.05, 4.69) is 30.4 Å². The number of aromatic nitrogens is 4. The molecule has 1 atom stereocenters. The number of rotatable bonds is 7. The van der Waals surface area contributed by atoms with Crippen LogP contribution in [0.5, 0.6) is 0 Å². The standard InChI is InChI=1S/C22H22N6O2S/c29-21(24-13-20-27-26-19-8-3-9-28(19)20)17(25-22(30)18-7-4-10-31-18)11-14-12-23-16-6-2-1-5-15(14)16/h1-2,4-7,10,12,17,23H,3,8-9,11,13H2,(H,24,29)(H,25,30)/t17-/m0/s1. The summed E-state index contributed by atoms with van der Waals surface area (Å²) in [5, 5.41) is 17.1. The maximum Gasteiger partial charge on any atom is 0.262 e. The normalized spacial score (nSPS) is 13.8. The van der Waals surface area contributed by atoms with Crippen molar-refractivity contribution in [1.82, 2.24) is 30.4 Å². The number of thiophene rings is 1. The van der Waals surface area contributed by atoms with Gasteiger partial charge in [0.05, 0.1) is 11.4 Å². The predicted octanol–water partition coefficient (Wildman–Crippen LogP) is 2.42. The Bertz CT molecular complexity index is 1230. The second-order valence-electron chi connectivity index (χ2n) is 7.57. The Kier molecular flexibility index (Phi) is 5.25. The zero-order valence-electron chi connectivity index (χ0n) is 16.8. The van der Waals surface area contributed by atoms with Crippen LogP contribution in [0.25, 0.3) is 10.9 Å². The third-order valence-electron chi connectivity index (χ3n) is 5.57. The van der Waals surface area contributed by atoms with Crippen molar-refractivity contribution >= 4 is 34.1 Å². The van der Waals surface area contributed by atoms with Crippen LogP contribution in [0, 0.1) is 0 Å². The molecule has 9 heteroatoms. The van der Waals surface area contributed by atoms with E-state index in [9.17, 15) is 9.59 Å². The van der Waals surface area contributed by atoms with Gasteiger partial charge in [0.1, 0.15) is 11.9 Å². The third-order valence-corrected chi connectivity index (χ3v) is 6.44. The summed E-state index contributed by atoms with van der Waals surface area (Å²) in [4.78, 5) is 29.6. The summed E-state index contributed by atoms with van der Waals surface area (Å²) in [5.41, 5.74) is 1.98. The van der Waals surface area contributed by atoms with Gasteiger partial charge in [0.2, 0.25) is 5.91 Å². The van der Waals surface area contributed by atoms with Crippen molar-refractivity contribution in [2.24, 2.45) is 0 Å². The van der Waals surface area contributed by atoms with Crippen LogP contribution in [0.4, 0.5) is 0 Å². The molecule has 0 unspecified atom stereocenters. The number of hydrogen-bond donors (Lipinski definition) is 3. The Balaban J connectivity index is 1.34. The fraction of sp³-hybridized carbons (Fsp3) is 0.273. The van der Waals surface area contributed by atoms with Crippen LogP contribution in [0.15, 0.2) is 48.0 Å². The largest absolute Gasteiger partial charge is 0.361 e. The minimum absolute atomic E-state index is 0.245. The first-order valence-electron chi connectivity index (χ1n) is 10.3. The van der Waals surface area contributed by atoms with E-state index in [1.54, 1.807) is 6.07 Å². The first-order valence-corrected chi connectivity index (χ1v) is 11.1. The quantitative estimate of drug-likeness (QED) is 0.415. The molecule has 5 rings (SSSR count). The molecule has 3 aromatic heterocycles. The second kappa shape index (κ2) is 8.35. The molecule has 158 valence electrons. The van der Waals surface area contributed by atoms with E-state index in [1.807, 2.05) is 41.9 Å². The van der Waals surface area contributed by atoms with Crippen LogP contribution in [0.1, 0.15) is 33.3 Å². The molecule has 4 aromatic rings. The number of benzene rings is 1. The highest BCUT2D eigenvalue weighted by Gasteiger charge is 2.25.